The van der Waals surface area contributed by atoms with Gasteiger partial charge in [-0.1, -0.05) is 47.9 Å². The number of benzene rings is 2. The van der Waals surface area contributed by atoms with Gasteiger partial charge < -0.3 is 10.1 Å². The third kappa shape index (κ3) is 4.85. The first-order valence-electron chi connectivity index (χ1n) is 10.9. The molecular formula is C25H30N2O2S. The van der Waals surface area contributed by atoms with Crippen molar-refractivity contribution in [2.45, 2.75) is 38.6 Å². The molecule has 1 aliphatic carbocycles. The summed E-state index contributed by atoms with van der Waals surface area (Å²) in [6.45, 7) is 2.52. The van der Waals surface area contributed by atoms with Crippen molar-refractivity contribution >= 4 is 21.6 Å². The quantitative estimate of drug-likeness (QED) is 0.398. The van der Waals surface area contributed by atoms with Crippen LogP contribution in [0.2, 0.25) is 0 Å². The lowest BCUT2D eigenvalue weighted by Gasteiger charge is -2.26. The Morgan fingerprint density at radius 1 is 1.20 bits per heavy atom. The third-order valence-corrected chi connectivity index (χ3v) is 7.07. The number of hydrogen-bond donors (Lipinski definition) is 1. The standard InChI is InChI=1S/C25H30N2O2S/c1-29-23-11-6-9-20-14-13-19(18-22(20)23)8-7-16-26-15-4-5-17-27-25(28)21-10-2-3-12-24(21)30-27/h2-6,9-12,19,26H,7-8,13-18H2,1H3. The lowest BCUT2D eigenvalue weighted by atomic mass is 9.81. The molecule has 0 bridgehead atoms. The van der Waals surface area contributed by atoms with Gasteiger partial charge in [0.1, 0.15) is 5.75 Å². The second-order valence-corrected chi connectivity index (χ2v) is 9.04. The van der Waals surface area contributed by atoms with Crippen molar-refractivity contribution in [2.24, 2.45) is 5.92 Å². The third-order valence-electron chi connectivity index (χ3n) is 5.98. The Morgan fingerprint density at radius 3 is 2.97 bits per heavy atom. The van der Waals surface area contributed by atoms with Crippen LogP contribution in [-0.4, -0.2) is 24.2 Å². The summed E-state index contributed by atoms with van der Waals surface area (Å²) < 4.78 is 8.43. The van der Waals surface area contributed by atoms with Crippen molar-refractivity contribution < 1.29 is 4.74 Å². The fraction of sp³-hybridized carbons (Fsp3) is 0.400. The summed E-state index contributed by atoms with van der Waals surface area (Å²) >= 11 is 1.53. The van der Waals surface area contributed by atoms with Gasteiger partial charge in [-0.3, -0.25) is 8.75 Å². The molecule has 1 unspecified atom stereocenters. The van der Waals surface area contributed by atoms with Gasteiger partial charge in [0.25, 0.3) is 5.56 Å². The van der Waals surface area contributed by atoms with Crippen LogP contribution in [0.1, 0.15) is 30.4 Å². The first-order chi connectivity index (χ1) is 14.8. The fourth-order valence-electron chi connectivity index (χ4n) is 4.36. The first-order valence-corrected chi connectivity index (χ1v) is 11.6. The van der Waals surface area contributed by atoms with Gasteiger partial charge in [-0.05, 0) is 73.9 Å². The molecule has 30 heavy (non-hydrogen) atoms. The number of allylic oxidation sites excluding steroid dienone is 1. The summed E-state index contributed by atoms with van der Waals surface area (Å²) in [6, 6.07) is 14.2. The molecule has 1 atom stereocenters. The van der Waals surface area contributed by atoms with E-state index in [0.29, 0.717) is 6.54 Å². The van der Waals surface area contributed by atoms with Gasteiger partial charge in [0.15, 0.2) is 0 Å². The predicted octanol–water partition coefficient (Wildman–Crippen LogP) is 4.80. The number of hydrogen-bond acceptors (Lipinski definition) is 4. The van der Waals surface area contributed by atoms with Crippen molar-refractivity contribution in [3.05, 3.63) is 76.1 Å². The van der Waals surface area contributed by atoms with Gasteiger partial charge in [0.2, 0.25) is 0 Å². The van der Waals surface area contributed by atoms with E-state index in [1.165, 1.54) is 48.3 Å². The van der Waals surface area contributed by atoms with E-state index in [2.05, 4.69) is 35.7 Å². The molecule has 4 rings (SSSR count). The van der Waals surface area contributed by atoms with E-state index >= 15 is 0 Å². The second kappa shape index (κ2) is 10.1. The van der Waals surface area contributed by atoms with Crippen LogP contribution < -0.4 is 15.6 Å². The highest BCUT2D eigenvalue weighted by molar-refractivity contribution is 7.13. The van der Waals surface area contributed by atoms with Crippen LogP contribution in [0.15, 0.2) is 59.4 Å². The molecule has 4 nitrogen and oxygen atoms in total. The lowest BCUT2D eigenvalue weighted by molar-refractivity contribution is 0.377. The maximum atomic E-state index is 12.3. The zero-order valence-corrected chi connectivity index (χ0v) is 18.4. The molecular weight excluding hydrogens is 392 g/mol. The van der Waals surface area contributed by atoms with Crippen molar-refractivity contribution in [3.8, 4) is 5.75 Å². The van der Waals surface area contributed by atoms with Gasteiger partial charge in [-0.25, -0.2) is 0 Å². The van der Waals surface area contributed by atoms with Crippen LogP contribution in [0.5, 0.6) is 5.75 Å². The number of fused-ring (bicyclic) bond motifs is 2. The largest absolute Gasteiger partial charge is 0.496 e. The number of nitrogens with zero attached hydrogens (tertiary/aromatic N) is 1. The molecule has 0 radical (unpaired) electrons. The van der Waals surface area contributed by atoms with E-state index in [4.69, 9.17) is 4.74 Å². The summed E-state index contributed by atoms with van der Waals surface area (Å²) in [5, 5.41) is 4.32. The molecule has 1 heterocycles. The lowest BCUT2D eigenvalue weighted by Crippen LogP contribution is -2.19. The van der Waals surface area contributed by atoms with E-state index in [-0.39, 0.29) is 5.56 Å². The van der Waals surface area contributed by atoms with Crippen molar-refractivity contribution in [3.63, 3.8) is 0 Å². The molecule has 0 fully saturated rings. The molecule has 0 spiro atoms. The smallest absolute Gasteiger partial charge is 0.268 e. The Morgan fingerprint density at radius 2 is 2.10 bits per heavy atom. The molecule has 2 aromatic carbocycles. The van der Waals surface area contributed by atoms with Gasteiger partial charge in [-0.15, -0.1) is 0 Å². The Bertz CT molecular complexity index is 1050. The van der Waals surface area contributed by atoms with Crippen LogP contribution in [0, 0.1) is 5.92 Å². The number of aryl methyl sites for hydroxylation is 1. The molecule has 0 saturated heterocycles. The Balaban J connectivity index is 1.15. The summed E-state index contributed by atoms with van der Waals surface area (Å²) in [4.78, 5) is 12.3. The normalized spacial score (nSPS) is 16.2. The zero-order valence-electron chi connectivity index (χ0n) is 17.6. The molecule has 0 aliphatic heterocycles. The molecule has 158 valence electrons. The Labute approximate surface area is 182 Å². The molecule has 3 aromatic rings. The molecule has 5 heteroatoms. The van der Waals surface area contributed by atoms with Crippen molar-refractivity contribution in [2.75, 3.05) is 20.2 Å². The molecule has 0 amide bonds. The van der Waals surface area contributed by atoms with Crippen molar-refractivity contribution in [1.29, 1.82) is 0 Å². The van der Waals surface area contributed by atoms with E-state index < -0.39 is 0 Å². The van der Waals surface area contributed by atoms with Gasteiger partial charge >= 0.3 is 0 Å². The maximum absolute atomic E-state index is 12.3. The number of methoxy groups -OCH3 is 1. The number of ether oxygens (including phenoxy) is 1. The number of aromatic nitrogens is 1. The highest BCUT2D eigenvalue weighted by Gasteiger charge is 2.20. The average Bonchev–Trinajstić information content (AvgIpc) is 3.10. The molecule has 1 N–H and O–H groups in total. The van der Waals surface area contributed by atoms with Crippen LogP contribution in [-0.2, 0) is 19.4 Å². The molecule has 1 aliphatic rings. The highest BCUT2D eigenvalue weighted by Crippen LogP contribution is 2.33. The minimum Gasteiger partial charge on any atom is -0.496 e. The van der Waals surface area contributed by atoms with Crippen molar-refractivity contribution in [1.82, 2.24) is 9.27 Å². The van der Waals surface area contributed by atoms with Crippen LogP contribution in [0.3, 0.4) is 0 Å². The minimum absolute atomic E-state index is 0.110. The number of nitrogens with one attached hydrogen (secondary N) is 1. The van der Waals surface area contributed by atoms with E-state index in [9.17, 15) is 4.79 Å². The monoisotopic (exact) mass is 422 g/mol. The van der Waals surface area contributed by atoms with E-state index in [1.807, 2.05) is 28.2 Å². The summed E-state index contributed by atoms with van der Waals surface area (Å²) in [5.41, 5.74) is 2.99. The fourth-order valence-corrected chi connectivity index (χ4v) is 5.33. The second-order valence-electron chi connectivity index (χ2n) is 7.98. The van der Waals surface area contributed by atoms with E-state index in [0.717, 1.165) is 41.3 Å². The Hall–Kier alpha value is -2.37. The van der Waals surface area contributed by atoms with E-state index in [1.54, 1.807) is 7.11 Å². The Kier molecular flexibility index (Phi) is 7.03. The first kappa shape index (κ1) is 20.9. The average molecular weight is 423 g/mol. The van der Waals surface area contributed by atoms with Crippen LogP contribution in [0.25, 0.3) is 10.1 Å². The van der Waals surface area contributed by atoms with Crippen LogP contribution >= 0.6 is 11.5 Å². The number of rotatable bonds is 9. The van der Waals surface area contributed by atoms with Crippen LogP contribution in [0.4, 0.5) is 0 Å². The minimum atomic E-state index is 0.110. The van der Waals surface area contributed by atoms with Gasteiger partial charge in [0.05, 0.1) is 23.7 Å². The highest BCUT2D eigenvalue weighted by atomic mass is 32.1. The SMILES string of the molecule is COc1cccc2c1CC(CCCNCC=CCn1sc3ccccc3c1=O)CC2. The van der Waals surface area contributed by atoms with Gasteiger partial charge in [0, 0.05) is 6.54 Å². The summed E-state index contributed by atoms with van der Waals surface area (Å²) in [5.74, 6) is 1.81. The molecule has 0 saturated carbocycles. The van der Waals surface area contributed by atoms with Gasteiger partial charge in [-0.2, -0.15) is 0 Å². The maximum Gasteiger partial charge on any atom is 0.268 e. The zero-order chi connectivity index (χ0) is 20.8. The summed E-state index contributed by atoms with van der Waals surface area (Å²) in [7, 11) is 1.77. The summed E-state index contributed by atoms with van der Waals surface area (Å²) in [6.07, 6.45) is 10.2. The predicted molar refractivity (Wildman–Crippen MR) is 126 cm³/mol. The topological polar surface area (TPSA) is 43.3 Å². The molecule has 1 aromatic heterocycles.